The van der Waals surface area contributed by atoms with E-state index in [1.54, 1.807) is 67.8 Å². The first-order valence-corrected chi connectivity index (χ1v) is 23.8. The standard InChI is InChI=1S/C35H60N2O12S4.2ClH/c1-9-31(50(38,39)40)21-25(5)13-15-29(19-27(7)23-33(11-3)52(44,45)46)35-36-17-18-37(35)30(20-28(8)24-34(12-4)53(47,48)49)16-14-26(6)22-32(10-2)51(41,42)43;;/h13-14,17-20,29-34H,9-12,15-16,21-24H2,1-8H3,(H,38,39,40)(H,41,42,43)(H,44,45,46)(H,47,48,49);2*1H. The van der Waals surface area contributed by atoms with Gasteiger partial charge in [0, 0.05) is 18.3 Å². The lowest BCUT2D eigenvalue weighted by Crippen LogP contribution is -2.21. The second-order valence-corrected chi connectivity index (χ2v) is 20.7. The van der Waals surface area contributed by atoms with Gasteiger partial charge in [-0.05, 0) is 91.9 Å². The maximum Gasteiger partial charge on any atom is 0.268 e. The van der Waals surface area contributed by atoms with Crippen LogP contribution in [0.2, 0.25) is 0 Å². The van der Waals surface area contributed by atoms with E-state index in [9.17, 15) is 51.9 Å². The average molecular weight is 902 g/mol. The van der Waals surface area contributed by atoms with E-state index in [0.29, 0.717) is 41.0 Å². The number of nitrogens with zero attached hydrogens (tertiary/aromatic N) is 2. The first-order valence-electron chi connectivity index (χ1n) is 17.8. The summed E-state index contributed by atoms with van der Waals surface area (Å²) < 4.78 is 137. The normalized spacial score (nSPS) is 17.4. The molecular weight excluding hydrogens is 840 g/mol. The maximum absolute atomic E-state index is 12.0. The molecule has 0 aliphatic rings. The fourth-order valence-electron chi connectivity index (χ4n) is 6.30. The minimum Gasteiger partial charge on any atom is -0.327 e. The Morgan fingerprint density at radius 3 is 1.25 bits per heavy atom. The molecule has 0 bridgehead atoms. The van der Waals surface area contributed by atoms with Crippen molar-refractivity contribution in [1.29, 1.82) is 0 Å². The molecule has 6 atom stereocenters. The number of rotatable bonds is 24. The molecule has 0 fully saturated rings. The maximum atomic E-state index is 12.0. The van der Waals surface area contributed by atoms with Crippen molar-refractivity contribution >= 4 is 65.3 Å². The lowest BCUT2D eigenvalue weighted by molar-refractivity contribution is 0.460. The number of hydrogen-bond donors (Lipinski definition) is 4. The Morgan fingerprint density at radius 1 is 0.582 bits per heavy atom. The molecule has 14 nitrogen and oxygen atoms in total. The lowest BCUT2D eigenvalue weighted by Gasteiger charge is -2.23. The van der Waals surface area contributed by atoms with Crippen LogP contribution >= 0.6 is 24.8 Å². The minimum absolute atomic E-state index is 0. The van der Waals surface area contributed by atoms with Crippen molar-refractivity contribution in [1.82, 2.24) is 9.55 Å². The van der Waals surface area contributed by atoms with Crippen LogP contribution in [-0.2, 0) is 40.5 Å². The predicted octanol–water partition coefficient (Wildman–Crippen LogP) is 8.14. The molecule has 1 aromatic heterocycles. The van der Waals surface area contributed by atoms with Gasteiger partial charge in [0.25, 0.3) is 40.5 Å². The Kier molecular flexibility index (Phi) is 24.6. The number of hydrogen-bond acceptors (Lipinski definition) is 9. The molecule has 0 spiro atoms. The van der Waals surface area contributed by atoms with Crippen molar-refractivity contribution in [3.8, 4) is 0 Å². The zero-order valence-corrected chi connectivity index (χ0v) is 37.8. The van der Waals surface area contributed by atoms with Gasteiger partial charge in [-0.2, -0.15) is 33.7 Å². The molecule has 55 heavy (non-hydrogen) atoms. The van der Waals surface area contributed by atoms with Gasteiger partial charge in [0.2, 0.25) is 0 Å². The zero-order chi connectivity index (χ0) is 40.9. The predicted molar refractivity (Wildman–Crippen MR) is 224 cm³/mol. The van der Waals surface area contributed by atoms with Gasteiger partial charge in [0.05, 0.1) is 27.0 Å². The van der Waals surface area contributed by atoms with Gasteiger partial charge in [0.15, 0.2) is 0 Å². The van der Waals surface area contributed by atoms with E-state index in [1.165, 1.54) is 0 Å². The van der Waals surface area contributed by atoms with Gasteiger partial charge in [-0.15, -0.1) is 24.8 Å². The van der Waals surface area contributed by atoms with E-state index in [1.807, 2.05) is 28.9 Å². The molecule has 1 rings (SSSR count). The molecular formula is C35H62Cl2N2O12S4. The van der Waals surface area contributed by atoms with Crippen molar-refractivity contribution in [2.45, 2.75) is 153 Å². The average Bonchev–Trinajstić information content (AvgIpc) is 3.51. The Labute approximate surface area is 342 Å². The van der Waals surface area contributed by atoms with Crippen LogP contribution < -0.4 is 0 Å². The number of allylic oxidation sites excluding steroid dienone is 8. The summed E-state index contributed by atoms with van der Waals surface area (Å²) in [5, 5.41) is -4.05. The highest BCUT2D eigenvalue weighted by molar-refractivity contribution is 7.87. The van der Waals surface area contributed by atoms with Crippen LogP contribution in [0.25, 0.3) is 0 Å². The molecule has 0 aromatic carbocycles. The largest absolute Gasteiger partial charge is 0.327 e. The summed E-state index contributed by atoms with van der Waals surface area (Å²) in [4.78, 5) is 4.66. The highest BCUT2D eigenvalue weighted by Crippen LogP contribution is 2.31. The van der Waals surface area contributed by atoms with Crippen molar-refractivity contribution in [3.05, 3.63) is 64.8 Å². The van der Waals surface area contributed by atoms with Crippen molar-refractivity contribution in [2.75, 3.05) is 0 Å². The highest BCUT2D eigenvalue weighted by atomic mass is 35.5. The SMILES string of the molecule is CCC(CC(C)=CCC(C=C(C)CC(CC)S(=O)(=O)O)c1nccn1C(C=C(C)CC(CC)S(=O)(=O)O)CC=C(C)CC(CC)S(=O)(=O)O)S(=O)(=O)O.Cl.Cl. The second-order valence-electron chi connectivity index (χ2n) is 14.0. The summed E-state index contributed by atoms with van der Waals surface area (Å²) in [5.41, 5.74) is 2.70. The van der Waals surface area contributed by atoms with E-state index in [2.05, 4.69) is 4.98 Å². The summed E-state index contributed by atoms with van der Waals surface area (Å²) in [6.45, 7) is 13.6. The fraction of sp³-hybridized carbons (Fsp3) is 0.686. The van der Waals surface area contributed by atoms with Gasteiger partial charge in [-0.1, -0.05) is 74.3 Å². The summed E-state index contributed by atoms with van der Waals surface area (Å²) >= 11 is 0. The molecule has 6 unspecified atom stereocenters. The molecule has 0 aliphatic carbocycles. The molecule has 0 saturated carbocycles. The van der Waals surface area contributed by atoms with Crippen LogP contribution in [0.15, 0.2) is 59.0 Å². The molecule has 4 N–H and O–H groups in total. The second kappa shape index (κ2) is 24.3. The number of aromatic nitrogens is 2. The molecule has 0 saturated heterocycles. The van der Waals surface area contributed by atoms with Gasteiger partial charge < -0.3 is 4.57 Å². The van der Waals surface area contributed by atoms with E-state index in [-0.39, 0.29) is 76.2 Å². The van der Waals surface area contributed by atoms with Crippen LogP contribution in [-0.4, -0.2) is 82.4 Å². The highest BCUT2D eigenvalue weighted by Gasteiger charge is 2.26. The van der Waals surface area contributed by atoms with Gasteiger partial charge in [-0.25, -0.2) is 4.98 Å². The number of imidazole rings is 1. The van der Waals surface area contributed by atoms with E-state index in [0.717, 1.165) is 0 Å². The number of halogens is 2. The molecule has 0 radical (unpaired) electrons. The van der Waals surface area contributed by atoms with Crippen molar-refractivity contribution in [2.24, 2.45) is 0 Å². The molecule has 1 aromatic rings. The first kappa shape index (κ1) is 55.5. The van der Waals surface area contributed by atoms with E-state index < -0.39 is 73.4 Å². The Morgan fingerprint density at radius 2 is 0.909 bits per heavy atom. The molecule has 1 heterocycles. The van der Waals surface area contributed by atoms with Crippen LogP contribution in [0, 0.1) is 0 Å². The lowest BCUT2D eigenvalue weighted by atomic mass is 9.96. The van der Waals surface area contributed by atoms with Crippen LogP contribution in [0.3, 0.4) is 0 Å². The quantitative estimate of drug-likeness (QED) is 0.0567. The van der Waals surface area contributed by atoms with Crippen molar-refractivity contribution in [3.63, 3.8) is 0 Å². The van der Waals surface area contributed by atoms with Crippen LogP contribution in [0.5, 0.6) is 0 Å². The monoisotopic (exact) mass is 900 g/mol. The summed E-state index contributed by atoms with van der Waals surface area (Å²) in [5.74, 6) is 0.0255. The zero-order valence-electron chi connectivity index (χ0n) is 32.9. The van der Waals surface area contributed by atoms with Crippen LogP contribution in [0.4, 0.5) is 0 Å². The Bertz CT molecular complexity index is 1790. The van der Waals surface area contributed by atoms with Gasteiger partial charge >= 0.3 is 0 Å². The summed E-state index contributed by atoms with van der Waals surface area (Å²) in [6, 6.07) is -0.501. The minimum atomic E-state index is -4.33. The fourth-order valence-corrected chi connectivity index (χ4v) is 9.88. The summed E-state index contributed by atoms with van der Waals surface area (Å²) in [7, 11) is -17.2. The van der Waals surface area contributed by atoms with Crippen molar-refractivity contribution < 1.29 is 51.9 Å². The first-order chi connectivity index (χ1) is 24.3. The molecule has 20 heteroatoms. The summed E-state index contributed by atoms with van der Waals surface area (Å²) in [6.07, 6.45) is 12.3. The third-order valence-corrected chi connectivity index (χ3v) is 14.9. The van der Waals surface area contributed by atoms with Crippen LogP contribution in [0.1, 0.15) is 137 Å². The van der Waals surface area contributed by atoms with E-state index >= 15 is 0 Å². The molecule has 0 aliphatic heterocycles. The van der Waals surface area contributed by atoms with Gasteiger partial charge in [0.1, 0.15) is 5.82 Å². The topological polar surface area (TPSA) is 235 Å². The van der Waals surface area contributed by atoms with E-state index in [4.69, 9.17) is 0 Å². The third-order valence-electron chi connectivity index (χ3n) is 9.48. The molecule has 0 amide bonds. The smallest absolute Gasteiger partial charge is 0.268 e. The molecule has 322 valence electrons. The van der Waals surface area contributed by atoms with Gasteiger partial charge in [-0.3, -0.25) is 18.2 Å². The Balaban J connectivity index is 0. The Hall–Kier alpha value is -1.61. The third kappa shape index (κ3) is 19.6.